The summed E-state index contributed by atoms with van der Waals surface area (Å²) in [5, 5.41) is 10.4. The number of aliphatic hydroxyl groups is 1. The van der Waals surface area contributed by atoms with E-state index in [2.05, 4.69) is 0 Å². The molecule has 0 aliphatic carbocycles. The molecule has 3 heteroatoms. The molecule has 2 rings (SSSR count). The summed E-state index contributed by atoms with van der Waals surface area (Å²) in [5.41, 5.74) is 3.71. The molecule has 1 aromatic carbocycles. The van der Waals surface area contributed by atoms with Crippen LogP contribution in [-0.2, 0) is 0 Å². The number of benzene rings is 1. The van der Waals surface area contributed by atoms with E-state index in [9.17, 15) is 5.11 Å². The molecule has 2 aromatic rings. The molecule has 0 saturated heterocycles. The number of aryl methyl sites for hydroxylation is 3. The first-order chi connectivity index (χ1) is 8.54. The number of rotatable bonds is 3. The molecule has 0 fully saturated rings. The fourth-order valence-electron chi connectivity index (χ4n) is 2.17. The lowest BCUT2D eigenvalue weighted by atomic mass is 9.95. The van der Waals surface area contributed by atoms with Gasteiger partial charge in [0.1, 0.15) is 17.6 Å². The lowest BCUT2D eigenvalue weighted by Crippen LogP contribution is -2.03. The molecular formula is C15H18O3. The summed E-state index contributed by atoms with van der Waals surface area (Å²) in [5.74, 6) is 1.59. The predicted octanol–water partition coefficient (Wildman–Crippen LogP) is 3.30. The van der Waals surface area contributed by atoms with Crippen LogP contribution in [0.5, 0.6) is 5.75 Å². The van der Waals surface area contributed by atoms with Gasteiger partial charge in [-0.3, -0.25) is 0 Å². The van der Waals surface area contributed by atoms with Crippen LogP contribution in [0.4, 0.5) is 0 Å². The normalized spacial score (nSPS) is 12.5. The van der Waals surface area contributed by atoms with Crippen LogP contribution in [0, 0.1) is 20.8 Å². The molecule has 96 valence electrons. The highest BCUT2D eigenvalue weighted by Crippen LogP contribution is 2.31. The van der Waals surface area contributed by atoms with E-state index in [1.54, 1.807) is 19.4 Å². The van der Waals surface area contributed by atoms with E-state index in [1.165, 1.54) is 0 Å². The van der Waals surface area contributed by atoms with Gasteiger partial charge in [0, 0.05) is 5.56 Å². The Balaban J connectivity index is 2.46. The minimum Gasteiger partial charge on any atom is -0.496 e. The van der Waals surface area contributed by atoms with E-state index in [0.717, 1.165) is 33.8 Å². The van der Waals surface area contributed by atoms with Crippen molar-refractivity contribution < 1.29 is 14.3 Å². The van der Waals surface area contributed by atoms with Gasteiger partial charge in [0.2, 0.25) is 0 Å². The lowest BCUT2D eigenvalue weighted by molar-refractivity contribution is 0.217. The SMILES string of the molecule is COc1cc(C)c(C(O)c2ccoc2C)cc1C. The summed E-state index contributed by atoms with van der Waals surface area (Å²) in [6.07, 6.45) is 0.938. The van der Waals surface area contributed by atoms with Crippen molar-refractivity contribution in [3.63, 3.8) is 0 Å². The summed E-state index contributed by atoms with van der Waals surface area (Å²) in [4.78, 5) is 0. The molecule has 3 nitrogen and oxygen atoms in total. The van der Waals surface area contributed by atoms with Crippen LogP contribution >= 0.6 is 0 Å². The minimum absolute atomic E-state index is 0.659. The molecule has 0 saturated carbocycles. The van der Waals surface area contributed by atoms with Gasteiger partial charge >= 0.3 is 0 Å². The Labute approximate surface area is 107 Å². The highest BCUT2D eigenvalue weighted by molar-refractivity contribution is 5.45. The second kappa shape index (κ2) is 4.86. The molecule has 0 spiro atoms. The third-order valence-electron chi connectivity index (χ3n) is 3.27. The Morgan fingerprint density at radius 2 is 1.83 bits per heavy atom. The van der Waals surface area contributed by atoms with Crippen molar-refractivity contribution in [2.75, 3.05) is 7.11 Å². The second-order valence-electron chi connectivity index (χ2n) is 4.51. The van der Waals surface area contributed by atoms with E-state index in [1.807, 2.05) is 32.9 Å². The lowest BCUT2D eigenvalue weighted by Gasteiger charge is -2.16. The van der Waals surface area contributed by atoms with Gasteiger partial charge in [-0.2, -0.15) is 0 Å². The van der Waals surface area contributed by atoms with Crippen molar-refractivity contribution in [1.82, 2.24) is 0 Å². The van der Waals surface area contributed by atoms with Crippen molar-refractivity contribution in [2.45, 2.75) is 26.9 Å². The fraction of sp³-hybridized carbons (Fsp3) is 0.333. The average Bonchev–Trinajstić information content (AvgIpc) is 2.77. The summed E-state index contributed by atoms with van der Waals surface area (Å²) in [6, 6.07) is 5.72. The van der Waals surface area contributed by atoms with E-state index in [4.69, 9.17) is 9.15 Å². The maximum Gasteiger partial charge on any atom is 0.122 e. The van der Waals surface area contributed by atoms with Crippen molar-refractivity contribution in [2.24, 2.45) is 0 Å². The Kier molecular flexibility index (Phi) is 3.43. The van der Waals surface area contributed by atoms with Crippen molar-refractivity contribution in [3.05, 3.63) is 52.5 Å². The van der Waals surface area contributed by atoms with Crippen LogP contribution in [0.1, 0.15) is 34.1 Å². The molecular weight excluding hydrogens is 228 g/mol. The standard InChI is InChI=1S/C15H18O3/c1-9-8-14(17-4)10(2)7-13(9)15(16)12-5-6-18-11(12)3/h5-8,15-16H,1-4H3. The third kappa shape index (κ3) is 2.14. The van der Waals surface area contributed by atoms with E-state index < -0.39 is 6.10 Å². The van der Waals surface area contributed by atoms with Gasteiger partial charge in [-0.05, 0) is 55.7 Å². The summed E-state index contributed by atoms with van der Waals surface area (Å²) in [6.45, 7) is 5.79. The van der Waals surface area contributed by atoms with Gasteiger partial charge in [0.05, 0.1) is 13.4 Å². The van der Waals surface area contributed by atoms with Gasteiger partial charge in [0.25, 0.3) is 0 Å². The Bertz CT molecular complexity index is 555. The molecule has 1 unspecified atom stereocenters. The van der Waals surface area contributed by atoms with Crippen LogP contribution in [0.25, 0.3) is 0 Å². The fourth-order valence-corrected chi connectivity index (χ4v) is 2.17. The Hall–Kier alpha value is -1.74. The van der Waals surface area contributed by atoms with Crippen LogP contribution in [0.2, 0.25) is 0 Å². The highest BCUT2D eigenvalue weighted by atomic mass is 16.5. The zero-order chi connectivity index (χ0) is 13.3. The second-order valence-corrected chi connectivity index (χ2v) is 4.51. The van der Waals surface area contributed by atoms with E-state index in [0.29, 0.717) is 0 Å². The summed E-state index contributed by atoms with van der Waals surface area (Å²) >= 11 is 0. The minimum atomic E-state index is -0.659. The third-order valence-corrected chi connectivity index (χ3v) is 3.27. The number of hydrogen-bond donors (Lipinski definition) is 1. The topological polar surface area (TPSA) is 42.6 Å². The molecule has 0 aliphatic heterocycles. The predicted molar refractivity (Wildman–Crippen MR) is 70.0 cm³/mol. The maximum atomic E-state index is 10.4. The highest BCUT2D eigenvalue weighted by Gasteiger charge is 2.18. The van der Waals surface area contributed by atoms with Crippen LogP contribution in [-0.4, -0.2) is 12.2 Å². The van der Waals surface area contributed by atoms with Crippen molar-refractivity contribution >= 4 is 0 Å². The van der Waals surface area contributed by atoms with Gasteiger partial charge < -0.3 is 14.3 Å². The zero-order valence-corrected chi connectivity index (χ0v) is 11.2. The first-order valence-corrected chi connectivity index (χ1v) is 5.91. The number of methoxy groups -OCH3 is 1. The average molecular weight is 246 g/mol. The first kappa shape index (κ1) is 12.7. The smallest absolute Gasteiger partial charge is 0.122 e. The molecule has 1 heterocycles. The summed E-state index contributed by atoms with van der Waals surface area (Å²) in [7, 11) is 1.65. The number of hydrogen-bond acceptors (Lipinski definition) is 3. The van der Waals surface area contributed by atoms with Crippen molar-refractivity contribution in [1.29, 1.82) is 0 Å². The molecule has 18 heavy (non-hydrogen) atoms. The quantitative estimate of drug-likeness (QED) is 0.903. The van der Waals surface area contributed by atoms with Gasteiger partial charge in [-0.1, -0.05) is 0 Å². The largest absolute Gasteiger partial charge is 0.496 e. The molecule has 0 amide bonds. The molecule has 1 atom stereocenters. The number of furan rings is 1. The van der Waals surface area contributed by atoms with Gasteiger partial charge in [0.15, 0.2) is 0 Å². The summed E-state index contributed by atoms with van der Waals surface area (Å²) < 4.78 is 10.5. The first-order valence-electron chi connectivity index (χ1n) is 5.91. The van der Waals surface area contributed by atoms with Gasteiger partial charge in [-0.15, -0.1) is 0 Å². The molecule has 1 N–H and O–H groups in total. The molecule has 0 bridgehead atoms. The monoisotopic (exact) mass is 246 g/mol. The van der Waals surface area contributed by atoms with E-state index in [-0.39, 0.29) is 0 Å². The van der Waals surface area contributed by atoms with Gasteiger partial charge in [-0.25, -0.2) is 0 Å². The molecule has 1 aromatic heterocycles. The number of aliphatic hydroxyl groups excluding tert-OH is 1. The zero-order valence-electron chi connectivity index (χ0n) is 11.2. The van der Waals surface area contributed by atoms with Crippen molar-refractivity contribution in [3.8, 4) is 5.75 Å². The van der Waals surface area contributed by atoms with Crippen LogP contribution in [0.15, 0.2) is 28.9 Å². The molecule has 0 aliphatic rings. The van der Waals surface area contributed by atoms with Crippen LogP contribution in [0.3, 0.4) is 0 Å². The Morgan fingerprint density at radius 1 is 1.11 bits per heavy atom. The maximum absolute atomic E-state index is 10.4. The Morgan fingerprint density at radius 3 is 2.39 bits per heavy atom. The van der Waals surface area contributed by atoms with E-state index >= 15 is 0 Å². The molecule has 0 radical (unpaired) electrons. The number of ether oxygens (including phenoxy) is 1. The van der Waals surface area contributed by atoms with Crippen LogP contribution < -0.4 is 4.74 Å².